The summed E-state index contributed by atoms with van der Waals surface area (Å²) < 4.78 is 4.42. The smallest absolute Gasteiger partial charge is 0.248 e. The molecule has 1 aromatic heterocycles. The Hall–Kier alpha value is -1.43. The fraction of sp³-hybridized carbons (Fsp3) is 0.571. The Morgan fingerprint density at radius 3 is 2.85 bits per heavy atom. The number of aromatic nitrogens is 2. The van der Waals surface area contributed by atoms with E-state index >= 15 is 0 Å². The molecule has 0 aliphatic carbocycles. The highest BCUT2D eigenvalue weighted by atomic mass is 16.6. The van der Waals surface area contributed by atoms with Crippen LogP contribution in [0.4, 0.5) is 0 Å². The fourth-order valence-corrected chi connectivity index (χ4v) is 0.728. The summed E-state index contributed by atoms with van der Waals surface area (Å²) in [6, 6.07) is 0. The van der Waals surface area contributed by atoms with Crippen molar-refractivity contribution in [1.29, 1.82) is 0 Å². The second-order valence-electron chi connectivity index (χ2n) is 2.69. The van der Waals surface area contributed by atoms with Gasteiger partial charge in [-0.2, -0.15) is 0 Å². The number of aliphatic hydroxyl groups is 1. The molecule has 0 aliphatic rings. The maximum absolute atomic E-state index is 10.9. The van der Waals surface area contributed by atoms with Gasteiger partial charge in [0.25, 0.3) is 0 Å². The lowest BCUT2D eigenvalue weighted by Crippen LogP contribution is -2.32. The summed E-state index contributed by atoms with van der Waals surface area (Å²) in [4.78, 5) is 10.9. The Balaban J connectivity index is 2.44. The third kappa shape index (κ3) is 2.51. The maximum atomic E-state index is 10.9. The Morgan fingerprint density at radius 2 is 2.38 bits per heavy atom. The van der Waals surface area contributed by atoms with E-state index in [0.717, 1.165) is 0 Å². The van der Waals surface area contributed by atoms with E-state index < -0.39 is 12.0 Å². The minimum atomic E-state index is -1.01. The summed E-state index contributed by atoms with van der Waals surface area (Å²) >= 11 is 0. The Labute approximate surface area is 74.9 Å². The zero-order chi connectivity index (χ0) is 9.84. The SMILES string of the molecule is Cc1nonc1CNC(=O)[C@H](C)O. The van der Waals surface area contributed by atoms with Crippen LogP contribution in [0, 0.1) is 6.92 Å². The van der Waals surface area contributed by atoms with Gasteiger partial charge in [-0.05, 0) is 13.8 Å². The first kappa shape index (κ1) is 9.66. The molecule has 1 amide bonds. The van der Waals surface area contributed by atoms with Gasteiger partial charge in [-0.1, -0.05) is 10.3 Å². The van der Waals surface area contributed by atoms with Crippen LogP contribution in [0.3, 0.4) is 0 Å². The molecule has 0 aromatic carbocycles. The second-order valence-corrected chi connectivity index (χ2v) is 2.69. The molecule has 13 heavy (non-hydrogen) atoms. The van der Waals surface area contributed by atoms with Crippen LogP contribution in [0.2, 0.25) is 0 Å². The molecule has 0 unspecified atom stereocenters. The Kier molecular flexibility index (Phi) is 2.97. The number of carbonyl (C=O) groups is 1. The normalized spacial score (nSPS) is 12.5. The molecule has 2 N–H and O–H groups in total. The van der Waals surface area contributed by atoms with Gasteiger partial charge in [0.15, 0.2) is 0 Å². The van der Waals surface area contributed by atoms with Crippen molar-refractivity contribution in [2.75, 3.05) is 0 Å². The molecule has 72 valence electrons. The molecule has 6 heteroatoms. The van der Waals surface area contributed by atoms with Crippen LogP contribution in [0.1, 0.15) is 18.3 Å². The molecule has 1 heterocycles. The molecule has 0 aliphatic heterocycles. The van der Waals surface area contributed by atoms with E-state index in [0.29, 0.717) is 11.4 Å². The van der Waals surface area contributed by atoms with E-state index in [1.165, 1.54) is 6.92 Å². The summed E-state index contributed by atoms with van der Waals surface area (Å²) in [5.74, 6) is -0.442. The van der Waals surface area contributed by atoms with E-state index in [4.69, 9.17) is 5.11 Å². The maximum Gasteiger partial charge on any atom is 0.248 e. The molecular weight excluding hydrogens is 174 g/mol. The van der Waals surface area contributed by atoms with Crippen molar-refractivity contribution in [3.63, 3.8) is 0 Å². The second kappa shape index (κ2) is 3.99. The van der Waals surface area contributed by atoms with Crippen LogP contribution in [-0.2, 0) is 11.3 Å². The number of carbonyl (C=O) groups excluding carboxylic acids is 1. The highest BCUT2D eigenvalue weighted by Gasteiger charge is 2.10. The van der Waals surface area contributed by atoms with E-state index in [2.05, 4.69) is 20.3 Å². The van der Waals surface area contributed by atoms with Crippen molar-refractivity contribution < 1.29 is 14.5 Å². The topological polar surface area (TPSA) is 88.3 Å². The van der Waals surface area contributed by atoms with Crippen LogP contribution < -0.4 is 5.32 Å². The van der Waals surface area contributed by atoms with Crippen molar-refractivity contribution >= 4 is 5.91 Å². The van der Waals surface area contributed by atoms with Gasteiger partial charge in [-0.15, -0.1) is 0 Å². The molecule has 0 radical (unpaired) electrons. The third-order valence-corrected chi connectivity index (χ3v) is 1.56. The molecule has 0 bridgehead atoms. The number of amides is 1. The average Bonchev–Trinajstić information content (AvgIpc) is 2.47. The van der Waals surface area contributed by atoms with Crippen LogP contribution in [0.5, 0.6) is 0 Å². The number of nitrogens with one attached hydrogen (secondary N) is 1. The third-order valence-electron chi connectivity index (χ3n) is 1.56. The summed E-state index contributed by atoms with van der Waals surface area (Å²) in [6.07, 6.45) is -1.01. The minimum Gasteiger partial charge on any atom is -0.384 e. The van der Waals surface area contributed by atoms with Crippen LogP contribution >= 0.6 is 0 Å². The molecule has 1 rings (SSSR count). The lowest BCUT2D eigenvalue weighted by molar-refractivity contribution is -0.128. The Morgan fingerprint density at radius 1 is 1.69 bits per heavy atom. The number of hydrogen-bond acceptors (Lipinski definition) is 5. The monoisotopic (exact) mass is 185 g/mol. The predicted molar refractivity (Wildman–Crippen MR) is 42.6 cm³/mol. The molecule has 0 saturated carbocycles. The summed E-state index contributed by atoms with van der Waals surface area (Å²) in [6.45, 7) is 3.34. The number of rotatable bonds is 3. The number of nitrogens with zero attached hydrogens (tertiary/aromatic N) is 2. The summed E-state index contributed by atoms with van der Waals surface area (Å²) in [5.41, 5.74) is 1.19. The largest absolute Gasteiger partial charge is 0.384 e. The van der Waals surface area contributed by atoms with Crippen molar-refractivity contribution in [3.05, 3.63) is 11.4 Å². The number of aryl methyl sites for hydroxylation is 1. The van der Waals surface area contributed by atoms with Gasteiger partial charge in [0.05, 0.1) is 6.54 Å². The highest BCUT2D eigenvalue weighted by Crippen LogP contribution is 1.99. The van der Waals surface area contributed by atoms with Crippen LogP contribution in [-0.4, -0.2) is 27.4 Å². The average molecular weight is 185 g/mol. The van der Waals surface area contributed by atoms with Gasteiger partial charge in [0.1, 0.15) is 17.5 Å². The first-order valence-electron chi connectivity index (χ1n) is 3.85. The summed E-state index contributed by atoms with van der Waals surface area (Å²) in [5, 5.41) is 18.4. The molecule has 0 spiro atoms. The van der Waals surface area contributed by atoms with Crippen LogP contribution in [0.15, 0.2) is 4.63 Å². The molecular formula is C7H11N3O3. The lowest BCUT2D eigenvalue weighted by atomic mass is 10.3. The molecule has 0 fully saturated rings. The first-order valence-corrected chi connectivity index (χ1v) is 3.85. The highest BCUT2D eigenvalue weighted by molar-refractivity contribution is 5.79. The van der Waals surface area contributed by atoms with E-state index in [-0.39, 0.29) is 6.54 Å². The van der Waals surface area contributed by atoms with Crippen molar-refractivity contribution in [1.82, 2.24) is 15.6 Å². The quantitative estimate of drug-likeness (QED) is 0.654. The van der Waals surface area contributed by atoms with Gasteiger partial charge < -0.3 is 10.4 Å². The zero-order valence-corrected chi connectivity index (χ0v) is 7.44. The van der Waals surface area contributed by atoms with Gasteiger partial charge in [0.2, 0.25) is 5.91 Å². The van der Waals surface area contributed by atoms with E-state index in [9.17, 15) is 4.79 Å². The predicted octanol–water partition coefficient (Wildman–Crippen LogP) is -0.625. The first-order chi connectivity index (χ1) is 6.11. The van der Waals surface area contributed by atoms with E-state index in [1.807, 2.05) is 0 Å². The number of aliphatic hydroxyl groups excluding tert-OH is 1. The fourth-order valence-electron chi connectivity index (χ4n) is 0.728. The molecule has 1 atom stereocenters. The van der Waals surface area contributed by atoms with Crippen molar-refractivity contribution in [2.24, 2.45) is 0 Å². The van der Waals surface area contributed by atoms with E-state index in [1.54, 1.807) is 6.92 Å². The summed E-state index contributed by atoms with van der Waals surface area (Å²) in [7, 11) is 0. The number of hydrogen-bond donors (Lipinski definition) is 2. The van der Waals surface area contributed by atoms with Gasteiger partial charge >= 0.3 is 0 Å². The van der Waals surface area contributed by atoms with Crippen molar-refractivity contribution in [3.8, 4) is 0 Å². The lowest BCUT2D eigenvalue weighted by Gasteiger charge is -2.04. The van der Waals surface area contributed by atoms with Gasteiger partial charge in [-0.25, -0.2) is 4.63 Å². The van der Waals surface area contributed by atoms with Crippen LogP contribution in [0.25, 0.3) is 0 Å². The molecule has 1 aromatic rings. The minimum absolute atomic E-state index is 0.221. The van der Waals surface area contributed by atoms with Gasteiger partial charge in [-0.3, -0.25) is 4.79 Å². The standard InChI is InChI=1S/C7H11N3O3/c1-4-6(10-13-9-4)3-8-7(12)5(2)11/h5,11H,3H2,1-2H3,(H,8,12)/t5-/m0/s1. The zero-order valence-electron chi connectivity index (χ0n) is 7.44. The molecule has 0 saturated heterocycles. The molecule has 6 nitrogen and oxygen atoms in total. The van der Waals surface area contributed by atoms with Crippen molar-refractivity contribution in [2.45, 2.75) is 26.5 Å². The Bertz CT molecular complexity index is 295. The van der Waals surface area contributed by atoms with Gasteiger partial charge in [0, 0.05) is 0 Å².